The van der Waals surface area contributed by atoms with Crippen LogP contribution in [0, 0.1) is 5.92 Å². The summed E-state index contributed by atoms with van der Waals surface area (Å²) in [4.78, 5) is 15.2. The molecule has 45 heavy (non-hydrogen) atoms. The van der Waals surface area contributed by atoms with Gasteiger partial charge in [-0.15, -0.1) is 0 Å². The largest absolute Gasteiger partial charge is 0.464 e. The first-order valence-corrected chi connectivity index (χ1v) is 22.3. The number of carbonyl (C=O) groups is 1. The van der Waals surface area contributed by atoms with Crippen molar-refractivity contribution in [2.24, 2.45) is 5.92 Å². The molecule has 4 atom stereocenters. The molecule has 4 heterocycles. The molecular formula is C30H41O10P3S2. The van der Waals surface area contributed by atoms with Crippen LogP contribution in [0.5, 0.6) is 0 Å². The number of hydrogen-bond donors (Lipinski definition) is 0. The molecule has 3 aliphatic heterocycles. The molecule has 1 aromatic heterocycles. The van der Waals surface area contributed by atoms with E-state index in [1.54, 1.807) is 12.1 Å². The summed E-state index contributed by atoms with van der Waals surface area (Å²) in [5.41, 5.74) is -0.330. The van der Waals surface area contributed by atoms with Crippen LogP contribution in [0.2, 0.25) is 0 Å². The molecule has 2 aromatic rings. The molecule has 3 saturated heterocycles. The second-order valence-electron chi connectivity index (χ2n) is 12.3. The fourth-order valence-corrected chi connectivity index (χ4v) is 15.8. The highest BCUT2D eigenvalue weighted by Gasteiger charge is 2.48. The highest BCUT2D eigenvalue weighted by Crippen LogP contribution is 2.71. The molecule has 3 aliphatic rings. The molecule has 0 saturated carbocycles. The lowest BCUT2D eigenvalue weighted by Crippen LogP contribution is -2.33. The summed E-state index contributed by atoms with van der Waals surface area (Å²) < 4.78 is 69.7. The van der Waals surface area contributed by atoms with Crippen LogP contribution in [0.25, 0.3) is 5.57 Å². The van der Waals surface area contributed by atoms with Crippen molar-refractivity contribution in [2.75, 3.05) is 32.6 Å². The summed E-state index contributed by atoms with van der Waals surface area (Å²) in [6.07, 6.45) is 3.84. The Balaban J connectivity index is 1.62. The number of rotatable bonds is 11. The van der Waals surface area contributed by atoms with Crippen LogP contribution in [-0.2, 0) is 41.1 Å². The fourth-order valence-electron chi connectivity index (χ4n) is 4.93. The Morgan fingerprint density at radius 1 is 0.889 bits per heavy atom. The minimum atomic E-state index is -3.90. The monoisotopic (exact) mass is 718 g/mol. The summed E-state index contributed by atoms with van der Waals surface area (Å²) in [7, 11) is -1.26. The van der Waals surface area contributed by atoms with E-state index in [0.717, 1.165) is 29.2 Å². The van der Waals surface area contributed by atoms with Crippen molar-refractivity contribution in [2.45, 2.75) is 70.3 Å². The summed E-state index contributed by atoms with van der Waals surface area (Å²) >= 11 is 1.66. The lowest BCUT2D eigenvalue weighted by Gasteiger charge is -2.37. The highest BCUT2D eigenvalue weighted by atomic mass is 32.7. The van der Waals surface area contributed by atoms with E-state index in [1.807, 2.05) is 65.0 Å². The van der Waals surface area contributed by atoms with Crippen LogP contribution in [0.3, 0.4) is 0 Å². The molecule has 0 N–H and O–H groups in total. The number of Topliss-reactive ketones (excluding diaryl/α,β-unsaturated/α-hetero) is 1. The summed E-state index contributed by atoms with van der Waals surface area (Å²) in [6.45, 7) is 3.20. The van der Waals surface area contributed by atoms with Crippen molar-refractivity contribution < 1.29 is 45.5 Å². The Kier molecular flexibility index (Phi) is 11.7. The van der Waals surface area contributed by atoms with Crippen LogP contribution in [0.1, 0.15) is 65.2 Å². The molecule has 0 spiro atoms. The van der Waals surface area contributed by atoms with E-state index in [1.165, 1.54) is 6.26 Å². The van der Waals surface area contributed by atoms with E-state index >= 15 is 4.79 Å². The second kappa shape index (κ2) is 14.8. The summed E-state index contributed by atoms with van der Waals surface area (Å²) in [5, 5.41) is -0.957. The van der Waals surface area contributed by atoms with Crippen LogP contribution in [0.4, 0.5) is 0 Å². The zero-order valence-corrected chi connectivity index (χ0v) is 30.5. The first kappa shape index (κ1) is 35.6. The minimum Gasteiger partial charge on any atom is -0.464 e. The molecule has 10 nitrogen and oxygen atoms in total. The van der Waals surface area contributed by atoms with Gasteiger partial charge in [0.1, 0.15) is 5.76 Å². The molecular weight excluding hydrogens is 677 g/mol. The predicted octanol–water partition coefficient (Wildman–Crippen LogP) is 9.48. The Morgan fingerprint density at radius 3 is 2.11 bits per heavy atom. The molecule has 0 amide bonds. The zero-order valence-electron chi connectivity index (χ0n) is 26.2. The third kappa shape index (κ3) is 9.45. The van der Waals surface area contributed by atoms with Crippen LogP contribution in [0.15, 0.2) is 58.1 Å². The van der Waals surface area contributed by atoms with Gasteiger partial charge in [0.15, 0.2) is 14.2 Å². The van der Waals surface area contributed by atoms with E-state index < -0.39 is 50.1 Å². The van der Waals surface area contributed by atoms with E-state index in [0.29, 0.717) is 49.1 Å². The lowest BCUT2D eigenvalue weighted by atomic mass is 9.98. The SMILES string of the molecule is CC(CP1OCCCO1)C(SP1(=O)OCCC(C)(C)O1)C(=O)C(SP1(=O)OCCC(C)(C)O1)=C(c1ccccc1)c1ccco1. The lowest BCUT2D eigenvalue weighted by molar-refractivity contribution is -0.115. The van der Waals surface area contributed by atoms with Crippen LogP contribution < -0.4 is 0 Å². The Hall–Kier alpha value is -0.740. The van der Waals surface area contributed by atoms with Crippen molar-refractivity contribution >= 4 is 56.1 Å². The average Bonchev–Trinajstić information content (AvgIpc) is 3.49. The van der Waals surface area contributed by atoms with Gasteiger partial charge in [-0.3, -0.25) is 13.8 Å². The summed E-state index contributed by atoms with van der Waals surface area (Å²) in [6, 6.07) is 12.7. The van der Waals surface area contributed by atoms with Gasteiger partial charge in [-0.25, -0.2) is 9.13 Å². The Labute approximate surface area is 274 Å². The van der Waals surface area contributed by atoms with Gasteiger partial charge in [-0.1, -0.05) is 37.3 Å². The quantitative estimate of drug-likeness (QED) is 0.163. The van der Waals surface area contributed by atoms with Gasteiger partial charge < -0.3 is 22.5 Å². The number of benzene rings is 1. The van der Waals surface area contributed by atoms with E-state index in [4.69, 9.17) is 31.6 Å². The predicted molar refractivity (Wildman–Crippen MR) is 179 cm³/mol. The normalized spacial score (nSPS) is 29.0. The van der Waals surface area contributed by atoms with Gasteiger partial charge in [0.05, 0.1) is 54.0 Å². The maximum absolute atomic E-state index is 15.1. The standard InChI is InChI=1S/C30H41O10P3S2/c1-22(21-41-35-17-10-18-36-41)27(44-42(32)37-19-14-29(2,3)39-42)26(31)28(45-43(33)38-20-15-30(4,5)40-43)25(24-13-9-16-34-24)23-11-7-6-8-12-23/h6-9,11-13,16,22,27H,10,14-15,17-21H2,1-5H3. The highest BCUT2D eigenvalue weighted by molar-refractivity contribution is 8.58. The zero-order chi connectivity index (χ0) is 32.3. The minimum absolute atomic E-state index is 0.114. The topological polar surface area (TPSA) is 120 Å². The van der Waals surface area contributed by atoms with Gasteiger partial charge in [-0.2, -0.15) is 0 Å². The van der Waals surface area contributed by atoms with Gasteiger partial charge >= 0.3 is 13.6 Å². The van der Waals surface area contributed by atoms with Crippen molar-refractivity contribution in [1.29, 1.82) is 0 Å². The van der Waals surface area contributed by atoms with E-state index in [2.05, 4.69) is 0 Å². The second-order valence-corrected chi connectivity index (χ2v) is 21.7. The molecule has 4 unspecified atom stereocenters. The maximum Gasteiger partial charge on any atom is 0.394 e. The summed E-state index contributed by atoms with van der Waals surface area (Å²) in [5.74, 6) is -0.418. The van der Waals surface area contributed by atoms with Crippen LogP contribution >= 0.6 is 44.7 Å². The Bertz CT molecular complexity index is 1440. The molecule has 1 aromatic carbocycles. The molecule has 3 fully saturated rings. The van der Waals surface area contributed by atoms with Crippen molar-refractivity contribution in [3.05, 3.63) is 65.0 Å². The average molecular weight is 719 g/mol. The first-order valence-electron chi connectivity index (χ1n) is 15.0. The van der Waals surface area contributed by atoms with E-state index in [9.17, 15) is 9.13 Å². The maximum atomic E-state index is 15.1. The van der Waals surface area contributed by atoms with Crippen molar-refractivity contribution in [1.82, 2.24) is 0 Å². The number of allylic oxidation sites excluding steroid dienone is 1. The number of hydrogen-bond acceptors (Lipinski definition) is 12. The Morgan fingerprint density at radius 2 is 1.51 bits per heavy atom. The van der Waals surface area contributed by atoms with Crippen LogP contribution in [-0.4, -0.2) is 54.8 Å². The number of ketones is 1. The van der Waals surface area contributed by atoms with Gasteiger partial charge in [0.25, 0.3) is 0 Å². The van der Waals surface area contributed by atoms with Gasteiger partial charge in [0.2, 0.25) is 0 Å². The fraction of sp³-hybridized carbons (Fsp3) is 0.567. The molecule has 15 heteroatoms. The molecule has 248 valence electrons. The van der Waals surface area contributed by atoms with Gasteiger partial charge in [0, 0.05) is 36.0 Å². The van der Waals surface area contributed by atoms with E-state index in [-0.39, 0.29) is 18.1 Å². The molecule has 0 radical (unpaired) electrons. The number of furan rings is 1. The van der Waals surface area contributed by atoms with Crippen molar-refractivity contribution in [3.8, 4) is 0 Å². The molecule has 5 rings (SSSR count). The van der Waals surface area contributed by atoms with Crippen molar-refractivity contribution in [3.63, 3.8) is 0 Å². The van der Waals surface area contributed by atoms with Gasteiger partial charge in [-0.05, 0) is 69.1 Å². The number of carbonyl (C=O) groups excluding carboxylic acids is 1. The third-order valence-electron chi connectivity index (χ3n) is 7.32. The first-order chi connectivity index (χ1) is 21.3. The molecule has 0 bridgehead atoms. The molecule has 0 aliphatic carbocycles. The smallest absolute Gasteiger partial charge is 0.394 e. The third-order valence-corrected chi connectivity index (χ3v) is 17.3.